The molecule has 1 N–H and O–H groups in total. The van der Waals surface area contributed by atoms with Crippen molar-refractivity contribution in [3.63, 3.8) is 0 Å². The lowest BCUT2D eigenvalue weighted by Crippen LogP contribution is -2.27. The van der Waals surface area contributed by atoms with Gasteiger partial charge in [0.15, 0.2) is 11.6 Å². The van der Waals surface area contributed by atoms with Gasteiger partial charge in [-0.25, -0.2) is 18.1 Å². The molecule has 0 saturated carbocycles. The molecule has 0 atom stereocenters. The van der Waals surface area contributed by atoms with E-state index in [2.05, 4.69) is 9.71 Å². The maximum absolute atomic E-state index is 12.9. The first-order valence-electron chi connectivity index (χ1n) is 9.06. The lowest BCUT2D eigenvalue weighted by Gasteiger charge is -2.14. The number of rotatable bonds is 5. The highest BCUT2D eigenvalue weighted by molar-refractivity contribution is 7.89. The molecule has 3 aromatic rings. The van der Waals surface area contributed by atoms with Crippen molar-refractivity contribution in [2.75, 3.05) is 19.1 Å². The van der Waals surface area contributed by atoms with Gasteiger partial charge in [0, 0.05) is 19.8 Å². The van der Waals surface area contributed by atoms with Crippen LogP contribution >= 0.6 is 0 Å². The quantitative estimate of drug-likeness (QED) is 0.675. The molecule has 154 valence electrons. The third-order valence-corrected chi connectivity index (χ3v) is 6.08. The minimum Gasteiger partial charge on any atom is -0.497 e. The molecular formula is C21H19N3O5S. The summed E-state index contributed by atoms with van der Waals surface area (Å²) in [7, 11) is -0.756. The molecule has 2 aromatic carbocycles. The Labute approximate surface area is 174 Å². The van der Waals surface area contributed by atoms with Crippen LogP contribution in [0.3, 0.4) is 0 Å². The summed E-state index contributed by atoms with van der Waals surface area (Å²) in [5.74, 6) is 1.27. The number of sulfonamides is 1. The van der Waals surface area contributed by atoms with Gasteiger partial charge < -0.3 is 9.47 Å². The van der Waals surface area contributed by atoms with Gasteiger partial charge in [0.1, 0.15) is 11.5 Å². The van der Waals surface area contributed by atoms with Crippen LogP contribution in [0.2, 0.25) is 0 Å². The fourth-order valence-corrected chi connectivity index (χ4v) is 4.13. The van der Waals surface area contributed by atoms with Gasteiger partial charge >= 0.3 is 0 Å². The van der Waals surface area contributed by atoms with Gasteiger partial charge in [-0.1, -0.05) is 12.1 Å². The Balaban J connectivity index is 1.62. The number of nitrogens with one attached hydrogen (secondary N) is 1. The standard InChI is InChI=1S/C21H19N3O5S/c1-24-20-19(7-4-10-22-20)29-18-9-8-16(12-17(18)21(24)25)30(26,27)23-13-14-5-3-6-15(11-14)28-2/h3-12,23H,13H2,1-2H3. The number of hydrogen-bond donors (Lipinski definition) is 1. The van der Waals surface area contributed by atoms with Gasteiger partial charge in [0.05, 0.1) is 17.6 Å². The van der Waals surface area contributed by atoms with Crippen molar-refractivity contribution in [2.24, 2.45) is 0 Å². The molecular weight excluding hydrogens is 406 g/mol. The number of fused-ring (bicyclic) bond motifs is 2. The molecule has 1 amide bonds. The van der Waals surface area contributed by atoms with Crippen molar-refractivity contribution >= 4 is 21.7 Å². The molecule has 2 heterocycles. The predicted molar refractivity (Wildman–Crippen MR) is 111 cm³/mol. The molecule has 0 saturated heterocycles. The fraction of sp³-hybridized carbons (Fsp3) is 0.143. The topological polar surface area (TPSA) is 97.8 Å². The van der Waals surface area contributed by atoms with Crippen LogP contribution in [0.25, 0.3) is 0 Å². The minimum atomic E-state index is -3.86. The van der Waals surface area contributed by atoms with Crippen LogP contribution in [0.1, 0.15) is 15.9 Å². The molecule has 0 aliphatic carbocycles. The van der Waals surface area contributed by atoms with E-state index < -0.39 is 15.9 Å². The first-order chi connectivity index (χ1) is 14.4. The van der Waals surface area contributed by atoms with Crippen molar-refractivity contribution in [1.82, 2.24) is 9.71 Å². The Morgan fingerprint density at radius 3 is 2.73 bits per heavy atom. The van der Waals surface area contributed by atoms with E-state index in [1.54, 1.807) is 56.8 Å². The molecule has 0 spiro atoms. The van der Waals surface area contributed by atoms with Gasteiger partial charge in [0.25, 0.3) is 5.91 Å². The molecule has 0 bridgehead atoms. The average molecular weight is 425 g/mol. The monoisotopic (exact) mass is 425 g/mol. The van der Waals surface area contributed by atoms with Crippen molar-refractivity contribution in [2.45, 2.75) is 11.4 Å². The molecule has 0 unspecified atom stereocenters. The van der Waals surface area contributed by atoms with Crippen molar-refractivity contribution in [1.29, 1.82) is 0 Å². The second kappa shape index (κ2) is 7.77. The third-order valence-electron chi connectivity index (χ3n) is 4.69. The van der Waals surface area contributed by atoms with Gasteiger partial charge in [-0.3, -0.25) is 9.69 Å². The molecule has 0 fully saturated rings. The summed E-state index contributed by atoms with van der Waals surface area (Å²) in [5.41, 5.74) is 0.883. The number of ether oxygens (including phenoxy) is 2. The zero-order valence-electron chi connectivity index (χ0n) is 16.3. The Hall–Kier alpha value is -3.43. The number of hydrogen-bond acceptors (Lipinski definition) is 6. The summed E-state index contributed by atoms with van der Waals surface area (Å²) in [6.45, 7) is 0.0797. The molecule has 30 heavy (non-hydrogen) atoms. The SMILES string of the molecule is COc1cccc(CNS(=O)(=O)c2ccc3c(c2)C(=O)N(C)c2ncccc2O3)c1. The molecule has 0 radical (unpaired) electrons. The smallest absolute Gasteiger partial charge is 0.263 e. The van der Waals surface area contributed by atoms with Crippen LogP contribution in [-0.4, -0.2) is 33.5 Å². The van der Waals surface area contributed by atoms with Gasteiger partial charge in [0.2, 0.25) is 10.0 Å². The summed E-state index contributed by atoms with van der Waals surface area (Å²) >= 11 is 0. The Morgan fingerprint density at radius 1 is 1.10 bits per heavy atom. The van der Waals surface area contributed by atoms with Gasteiger partial charge in [-0.15, -0.1) is 0 Å². The van der Waals surface area contributed by atoms with E-state index in [1.807, 2.05) is 0 Å². The maximum atomic E-state index is 12.9. The van der Waals surface area contributed by atoms with Crippen LogP contribution < -0.4 is 19.1 Å². The Kier molecular flexibility index (Phi) is 5.15. The zero-order chi connectivity index (χ0) is 21.3. The molecule has 8 nitrogen and oxygen atoms in total. The highest BCUT2D eigenvalue weighted by Crippen LogP contribution is 2.37. The molecule has 1 aromatic heterocycles. The minimum absolute atomic E-state index is 0.0339. The van der Waals surface area contributed by atoms with E-state index in [9.17, 15) is 13.2 Å². The van der Waals surface area contributed by atoms with E-state index >= 15 is 0 Å². The fourth-order valence-electron chi connectivity index (χ4n) is 3.09. The summed E-state index contributed by atoms with van der Waals surface area (Å²) < 4.78 is 39.1. The number of benzene rings is 2. The lowest BCUT2D eigenvalue weighted by molar-refractivity contribution is 0.0992. The highest BCUT2D eigenvalue weighted by Gasteiger charge is 2.28. The van der Waals surface area contributed by atoms with Gasteiger partial charge in [-0.2, -0.15) is 0 Å². The van der Waals surface area contributed by atoms with E-state index in [1.165, 1.54) is 23.1 Å². The zero-order valence-corrected chi connectivity index (χ0v) is 17.1. The predicted octanol–water partition coefficient (Wildman–Crippen LogP) is 2.95. The second-order valence-corrected chi connectivity index (χ2v) is 8.39. The van der Waals surface area contributed by atoms with E-state index in [0.717, 1.165) is 5.56 Å². The number of methoxy groups -OCH3 is 1. The largest absolute Gasteiger partial charge is 0.497 e. The molecule has 1 aliphatic heterocycles. The van der Waals surface area contributed by atoms with Gasteiger partial charge in [-0.05, 0) is 48.0 Å². The molecule has 1 aliphatic rings. The number of aromatic nitrogens is 1. The number of carbonyl (C=O) groups excluding carboxylic acids is 1. The summed E-state index contributed by atoms with van der Waals surface area (Å²) in [6, 6.07) is 14.7. The highest BCUT2D eigenvalue weighted by atomic mass is 32.2. The lowest BCUT2D eigenvalue weighted by atomic mass is 10.2. The summed E-state index contributed by atoms with van der Waals surface area (Å²) in [6.07, 6.45) is 1.56. The Bertz CT molecular complexity index is 1230. The first-order valence-corrected chi connectivity index (χ1v) is 10.5. The van der Waals surface area contributed by atoms with Crippen molar-refractivity contribution in [3.8, 4) is 17.2 Å². The first kappa shape index (κ1) is 19.9. The van der Waals surface area contributed by atoms with Crippen LogP contribution in [0, 0.1) is 0 Å². The van der Waals surface area contributed by atoms with Crippen LogP contribution in [0.15, 0.2) is 65.7 Å². The van der Waals surface area contributed by atoms with E-state index in [0.29, 0.717) is 17.3 Å². The van der Waals surface area contributed by atoms with Crippen molar-refractivity contribution in [3.05, 3.63) is 71.9 Å². The average Bonchev–Trinajstić information content (AvgIpc) is 2.87. The normalized spacial score (nSPS) is 13.1. The Morgan fingerprint density at radius 2 is 1.93 bits per heavy atom. The van der Waals surface area contributed by atoms with E-state index in [-0.39, 0.29) is 22.8 Å². The summed E-state index contributed by atoms with van der Waals surface area (Å²) in [4.78, 5) is 18.4. The third kappa shape index (κ3) is 3.72. The number of nitrogens with zero attached hydrogens (tertiary/aromatic N) is 2. The second-order valence-electron chi connectivity index (χ2n) is 6.63. The molecule has 9 heteroatoms. The van der Waals surface area contributed by atoms with Crippen molar-refractivity contribution < 1.29 is 22.7 Å². The number of amides is 1. The maximum Gasteiger partial charge on any atom is 0.263 e. The number of pyridine rings is 1. The summed E-state index contributed by atoms with van der Waals surface area (Å²) in [5, 5.41) is 0. The molecule has 4 rings (SSSR count). The number of anilines is 1. The van der Waals surface area contributed by atoms with Crippen LogP contribution in [-0.2, 0) is 16.6 Å². The van der Waals surface area contributed by atoms with Crippen LogP contribution in [0.4, 0.5) is 5.82 Å². The van der Waals surface area contributed by atoms with E-state index in [4.69, 9.17) is 9.47 Å². The number of carbonyl (C=O) groups is 1. The van der Waals surface area contributed by atoms with Crippen LogP contribution in [0.5, 0.6) is 17.2 Å².